The largest absolute Gasteiger partial charge is 0.368 e. The minimum absolute atomic E-state index is 0.00479. The fourth-order valence-corrected chi connectivity index (χ4v) is 2.62. The molecule has 2 heterocycles. The van der Waals surface area contributed by atoms with Crippen molar-refractivity contribution in [2.75, 3.05) is 26.2 Å². The Hall–Kier alpha value is -1.45. The lowest BCUT2D eigenvalue weighted by Gasteiger charge is -2.32. The van der Waals surface area contributed by atoms with Crippen LogP contribution in [0.5, 0.6) is 0 Å². The van der Waals surface area contributed by atoms with Crippen LogP contribution in [0, 0.1) is 16.7 Å². The van der Waals surface area contributed by atoms with Gasteiger partial charge in [-0.1, -0.05) is 0 Å². The molecule has 116 valence electrons. The van der Waals surface area contributed by atoms with E-state index in [1.54, 1.807) is 6.33 Å². The topological polar surface area (TPSA) is 67.0 Å². The first-order chi connectivity index (χ1) is 10.1. The van der Waals surface area contributed by atoms with Gasteiger partial charge in [0.2, 0.25) is 0 Å². The minimum atomic E-state index is -0.228. The van der Waals surface area contributed by atoms with E-state index >= 15 is 0 Å². The number of hydrogen-bond acceptors (Lipinski definition) is 5. The van der Waals surface area contributed by atoms with Crippen LogP contribution in [0.2, 0.25) is 0 Å². The van der Waals surface area contributed by atoms with E-state index in [2.05, 4.69) is 28.1 Å². The number of aryl methyl sites for hydroxylation is 1. The number of aromatic nitrogens is 3. The van der Waals surface area contributed by atoms with E-state index in [9.17, 15) is 0 Å². The third kappa shape index (κ3) is 4.26. The maximum absolute atomic E-state index is 9.05. The van der Waals surface area contributed by atoms with Gasteiger partial charge in [-0.3, -0.25) is 4.90 Å². The predicted molar refractivity (Wildman–Crippen MR) is 79.5 cm³/mol. The number of morpholine rings is 1. The second kappa shape index (κ2) is 7.01. The average molecular weight is 291 g/mol. The predicted octanol–water partition coefficient (Wildman–Crippen LogP) is 2.00. The number of rotatable bonds is 6. The summed E-state index contributed by atoms with van der Waals surface area (Å²) in [5.41, 5.74) is -0.228. The van der Waals surface area contributed by atoms with Crippen molar-refractivity contribution in [3.8, 4) is 6.07 Å². The molecule has 6 nitrogen and oxygen atoms in total. The third-order valence-electron chi connectivity index (χ3n) is 4.00. The molecular formula is C15H25N5O. The smallest absolute Gasteiger partial charge is 0.163 e. The Balaban J connectivity index is 1.85. The molecule has 1 aliphatic rings. The van der Waals surface area contributed by atoms with Gasteiger partial charge >= 0.3 is 0 Å². The van der Waals surface area contributed by atoms with Crippen molar-refractivity contribution in [2.45, 2.75) is 46.3 Å². The van der Waals surface area contributed by atoms with E-state index < -0.39 is 0 Å². The van der Waals surface area contributed by atoms with Gasteiger partial charge in [0.05, 0.1) is 18.1 Å². The first kappa shape index (κ1) is 15.9. The molecular weight excluding hydrogens is 266 g/mol. The van der Waals surface area contributed by atoms with Crippen molar-refractivity contribution < 1.29 is 4.74 Å². The highest BCUT2D eigenvalue weighted by molar-refractivity contribution is 4.95. The Labute approximate surface area is 126 Å². The van der Waals surface area contributed by atoms with Crippen LogP contribution in [-0.2, 0) is 11.3 Å². The summed E-state index contributed by atoms with van der Waals surface area (Å²) in [6.45, 7) is 10.5. The zero-order chi connectivity index (χ0) is 15.3. The summed E-state index contributed by atoms with van der Waals surface area (Å²) >= 11 is 0. The molecule has 6 heteroatoms. The van der Waals surface area contributed by atoms with Crippen molar-refractivity contribution in [2.24, 2.45) is 5.41 Å². The lowest BCUT2D eigenvalue weighted by Crippen LogP contribution is -2.39. The Kier molecular flexibility index (Phi) is 5.32. The molecule has 0 aliphatic carbocycles. The van der Waals surface area contributed by atoms with Gasteiger partial charge in [0.25, 0.3) is 0 Å². The number of hydrogen-bond donors (Lipinski definition) is 0. The molecule has 0 bridgehead atoms. The maximum atomic E-state index is 9.05. The summed E-state index contributed by atoms with van der Waals surface area (Å²) in [6.07, 6.45) is 3.72. The van der Waals surface area contributed by atoms with Gasteiger partial charge < -0.3 is 9.30 Å². The standard InChI is InChI=1S/C15H25N5O/c1-4-20-12-17-18-14(20)13-10-19(8-9-21-13)7-5-6-15(2,3)11-16/h12-13H,4-10H2,1-3H3/t13-/m0/s1. The van der Waals surface area contributed by atoms with Gasteiger partial charge in [0.15, 0.2) is 5.82 Å². The van der Waals surface area contributed by atoms with E-state index in [1.165, 1.54) is 0 Å². The molecule has 0 amide bonds. The van der Waals surface area contributed by atoms with Gasteiger partial charge in [-0.15, -0.1) is 10.2 Å². The molecule has 0 unspecified atom stereocenters. The summed E-state index contributed by atoms with van der Waals surface area (Å²) in [6, 6.07) is 2.36. The Morgan fingerprint density at radius 3 is 3.05 bits per heavy atom. The monoisotopic (exact) mass is 291 g/mol. The molecule has 0 aromatic carbocycles. The van der Waals surface area contributed by atoms with Crippen molar-refractivity contribution in [3.63, 3.8) is 0 Å². The van der Waals surface area contributed by atoms with Crippen LogP contribution in [0.25, 0.3) is 0 Å². The van der Waals surface area contributed by atoms with Crippen molar-refractivity contribution >= 4 is 0 Å². The second-order valence-electron chi connectivity index (χ2n) is 6.23. The second-order valence-corrected chi connectivity index (χ2v) is 6.23. The number of nitrogens with zero attached hydrogens (tertiary/aromatic N) is 5. The third-order valence-corrected chi connectivity index (χ3v) is 4.00. The van der Waals surface area contributed by atoms with E-state index in [1.807, 2.05) is 18.4 Å². The van der Waals surface area contributed by atoms with Crippen molar-refractivity contribution in [1.82, 2.24) is 19.7 Å². The SMILES string of the molecule is CCn1cnnc1[C@@H]1CN(CCCC(C)(C)C#N)CCO1. The molecule has 0 spiro atoms. The van der Waals surface area contributed by atoms with Crippen LogP contribution in [0.3, 0.4) is 0 Å². The maximum Gasteiger partial charge on any atom is 0.163 e. The molecule has 21 heavy (non-hydrogen) atoms. The van der Waals surface area contributed by atoms with Crippen LogP contribution in [0.1, 0.15) is 45.5 Å². The average Bonchev–Trinajstić information content (AvgIpc) is 2.96. The highest BCUT2D eigenvalue weighted by atomic mass is 16.5. The van der Waals surface area contributed by atoms with Gasteiger partial charge in [-0.25, -0.2) is 0 Å². The summed E-state index contributed by atoms with van der Waals surface area (Å²) in [4.78, 5) is 2.40. The molecule has 1 fully saturated rings. The number of nitriles is 1. The first-order valence-electron chi connectivity index (χ1n) is 7.68. The molecule has 1 aromatic heterocycles. The van der Waals surface area contributed by atoms with Crippen LogP contribution in [-0.4, -0.2) is 45.9 Å². The van der Waals surface area contributed by atoms with E-state index in [0.29, 0.717) is 0 Å². The summed E-state index contributed by atoms with van der Waals surface area (Å²) in [7, 11) is 0. The molecule has 1 atom stereocenters. The number of ether oxygens (including phenoxy) is 1. The van der Waals surface area contributed by atoms with Crippen LogP contribution in [0.15, 0.2) is 6.33 Å². The highest BCUT2D eigenvalue weighted by Gasteiger charge is 2.26. The lowest BCUT2D eigenvalue weighted by molar-refractivity contribution is -0.0367. The summed E-state index contributed by atoms with van der Waals surface area (Å²) in [5.74, 6) is 0.916. The molecule has 0 saturated carbocycles. The first-order valence-corrected chi connectivity index (χ1v) is 7.68. The van der Waals surface area contributed by atoms with Crippen LogP contribution >= 0.6 is 0 Å². The normalized spacial score (nSPS) is 20.4. The van der Waals surface area contributed by atoms with Gasteiger partial charge in [-0.05, 0) is 40.2 Å². The minimum Gasteiger partial charge on any atom is -0.368 e. The summed E-state index contributed by atoms with van der Waals surface area (Å²) < 4.78 is 7.88. The Morgan fingerprint density at radius 1 is 1.52 bits per heavy atom. The van der Waals surface area contributed by atoms with Crippen molar-refractivity contribution in [1.29, 1.82) is 5.26 Å². The Morgan fingerprint density at radius 2 is 2.33 bits per heavy atom. The van der Waals surface area contributed by atoms with Crippen LogP contribution < -0.4 is 0 Å². The Bertz CT molecular complexity index is 490. The fourth-order valence-electron chi connectivity index (χ4n) is 2.62. The fraction of sp³-hybridized carbons (Fsp3) is 0.800. The van der Waals surface area contributed by atoms with E-state index in [4.69, 9.17) is 10.00 Å². The molecule has 1 saturated heterocycles. The zero-order valence-electron chi connectivity index (χ0n) is 13.2. The van der Waals surface area contributed by atoms with Crippen molar-refractivity contribution in [3.05, 3.63) is 12.2 Å². The highest BCUT2D eigenvalue weighted by Crippen LogP contribution is 2.23. The molecule has 1 aliphatic heterocycles. The van der Waals surface area contributed by atoms with Gasteiger partial charge in [0, 0.05) is 19.6 Å². The molecule has 1 aromatic rings. The molecule has 0 radical (unpaired) electrons. The van der Waals surface area contributed by atoms with E-state index in [-0.39, 0.29) is 11.5 Å². The lowest BCUT2D eigenvalue weighted by atomic mass is 9.90. The van der Waals surface area contributed by atoms with Gasteiger partial charge in [-0.2, -0.15) is 5.26 Å². The van der Waals surface area contributed by atoms with Crippen LogP contribution in [0.4, 0.5) is 0 Å². The summed E-state index contributed by atoms with van der Waals surface area (Å²) in [5, 5.41) is 17.2. The zero-order valence-corrected chi connectivity index (χ0v) is 13.2. The van der Waals surface area contributed by atoms with E-state index in [0.717, 1.165) is 51.5 Å². The quantitative estimate of drug-likeness (QED) is 0.802. The van der Waals surface area contributed by atoms with Gasteiger partial charge in [0.1, 0.15) is 12.4 Å². The molecule has 0 N–H and O–H groups in total. The molecule has 2 rings (SSSR count).